The molecular weight excluding hydrogens is 348 g/mol. The number of thioether (sulfide) groups is 1. The van der Waals surface area contributed by atoms with E-state index in [0.29, 0.717) is 0 Å². The Hall–Kier alpha value is -2.74. The van der Waals surface area contributed by atoms with Crippen LogP contribution in [0.15, 0.2) is 42.6 Å². The Morgan fingerprint density at radius 2 is 1.92 bits per heavy atom. The third-order valence-electron chi connectivity index (χ3n) is 4.17. The van der Waals surface area contributed by atoms with Crippen molar-refractivity contribution in [2.24, 2.45) is 0 Å². The first-order valence-corrected chi connectivity index (χ1v) is 9.60. The molecular formula is C18H20N6OS. The zero-order chi connectivity index (χ0) is 17.8. The maximum absolute atomic E-state index is 5.19. The molecule has 0 spiro atoms. The molecule has 0 saturated carbocycles. The van der Waals surface area contributed by atoms with E-state index in [-0.39, 0.29) is 0 Å². The Bertz CT molecular complexity index is 860. The second-order valence-electron chi connectivity index (χ2n) is 5.86. The number of rotatable bonds is 5. The third-order valence-corrected chi connectivity index (χ3v) is 5.11. The van der Waals surface area contributed by atoms with Crippen molar-refractivity contribution in [3.05, 3.63) is 42.6 Å². The minimum Gasteiger partial charge on any atom is -0.497 e. The first-order valence-electron chi connectivity index (χ1n) is 8.44. The topological polar surface area (TPSA) is 79.0 Å². The minimum atomic E-state index is 0.717. The van der Waals surface area contributed by atoms with Crippen LogP contribution in [0.2, 0.25) is 0 Å². The van der Waals surface area contributed by atoms with Crippen molar-refractivity contribution in [3.8, 4) is 17.0 Å². The van der Waals surface area contributed by atoms with Crippen molar-refractivity contribution < 1.29 is 4.74 Å². The van der Waals surface area contributed by atoms with Gasteiger partial charge in [0.1, 0.15) is 11.6 Å². The summed E-state index contributed by atoms with van der Waals surface area (Å²) in [4.78, 5) is 11.2. The smallest absolute Gasteiger partial charge is 0.227 e. The molecule has 3 aromatic rings. The summed E-state index contributed by atoms with van der Waals surface area (Å²) in [5, 5.41) is 10.6. The highest BCUT2D eigenvalue weighted by Crippen LogP contribution is 2.24. The van der Waals surface area contributed by atoms with Gasteiger partial charge in [0.2, 0.25) is 5.95 Å². The quantitative estimate of drug-likeness (QED) is 0.716. The number of aromatic nitrogens is 4. The van der Waals surface area contributed by atoms with Crippen LogP contribution in [0.5, 0.6) is 5.75 Å². The fourth-order valence-electron chi connectivity index (χ4n) is 2.77. The summed E-state index contributed by atoms with van der Waals surface area (Å²) in [6.45, 7) is 1.97. The van der Waals surface area contributed by atoms with E-state index in [2.05, 4.69) is 30.4 Å². The molecule has 2 N–H and O–H groups in total. The van der Waals surface area contributed by atoms with Crippen molar-refractivity contribution in [2.75, 3.05) is 41.9 Å². The van der Waals surface area contributed by atoms with Crippen molar-refractivity contribution in [1.29, 1.82) is 0 Å². The standard InChI is InChI=1S/C18H20N6OS/c1-25-14-4-2-13(3-5-14)15-12-17(23-22-15)20-16-6-7-19-18(21-16)24-8-10-26-11-9-24/h2-7,12H,8-11H2,1H3,(H2,19,20,21,22,23). The van der Waals surface area contributed by atoms with Crippen molar-refractivity contribution in [3.63, 3.8) is 0 Å². The Balaban J connectivity index is 1.48. The summed E-state index contributed by atoms with van der Waals surface area (Å²) in [5.41, 5.74) is 1.97. The van der Waals surface area contributed by atoms with Gasteiger partial charge in [-0.1, -0.05) is 0 Å². The van der Waals surface area contributed by atoms with Gasteiger partial charge in [-0.15, -0.1) is 0 Å². The van der Waals surface area contributed by atoms with Gasteiger partial charge >= 0.3 is 0 Å². The lowest BCUT2D eigenvalue weighted by Gasteiger charge is -2.26. The largest absolute Gasteiger partial charge is 0.497 e. The summed E-state index contributed by atoms with van der Waals surface area (Å²) >= 11 is 1.97. The highest BCUT2D eigenvalue weighted by atomic mass is 32.2. The molecule has 134 valence electrons. The van der Waals surface area contributed by atoms with E-state index in [4.69, 9.17) is 4.74 Å². The first kappa shape index (κ1) is 16.7. The van der Waals surface area contributed by atoms with Crippen LogP contribution in [-0.2, 0) is 0 Å². The molecule has 0 radical (unpaired) electrons. The van der Waals surface area contributed by atoms with Crippen LogP contribution in [0.25, 0.3) is 11.3 Å². The molecule has 0 atom stereocenters. The second-order valence-corrected chi connectivity index (χ2v) is 7.09. The molecule has 0 aliphatic carbocycles. The number of hydrogen-bond acceptors (Lipinski definition) is 7. The van der Waals surface area contributed by atoms with Gasteiger partial charge in [-0.25, -0.2) is 4.98 Å². The van der Waals surface area contributed by atoms with E-state index in [0.717, 1.165) is 59.2 Å². The van der Waals surface area contributed by atoms with Gasteiger partial charge in [0, 0.05) is 36.9 Å². The van der Waals surface area contributed by atoms with Crippen LogP contribution in [-0.4, -0.2) is 51.9 Å². The number of anilines is 3. The van der Waals surface area contributed by atoms with Crippen LogP contribution in [0.1, 0.15) is 0 Å². The molecule has 1 saturated heterocycles. The number of benzene rings is 1. The lowest BCUT2D eigenvalue weighted by molar-refractivity contribution is 0.415. The van der Waals surface area contributed by atoms with Crippen molar-refractivity contribution >= 4 is 29.3 Å². The van der Waals surface area contributed by atoms with Crippen LogP contribution in [0, 0.1) is 0 Å². The average molecular weight is 368 g/mol. The molecule has 2 aromatic heterocycles. The SMILES string of the molecule is COc1ccc(-c2cc(Nc3ccnc(N4CCSCC4)n3)n[nH]2)cc1. The predicted octanol–water partition coefficient (Wildman–Crippen LogP) is 3.17. The number of H-pyrrole nitrogens is 1. The number of methoxy groups -OCH3 is 1. The highest BCUT2D eigenvalue weighted by molar-refractivity contribution is 7.99. The normalized spacial score (nSPS) is 14.3. The Morgan fingerprint density at radius 3 is 2.69 bits per heavy atom. The van der Waals surface area contributed by atoms with E-state index in [1.54, 1.807) is 13.3 Å². The number of nitrogens with zero attached hydrogens (tertiary/aromatic N) is 4. The molecule has 4 rings (SSSR count). The predicted molar refractivity (Wildman–Crippen MR) is 105 cm³/mol. The van der Waals surface area contributed by atoms with E-state index in [1.807, 2.05) is 48.2 Å². The Labute approximate surface area is 156 Å². The molecule has 0 unspecified atom stereocenters. The zero-order valence-corrected chi connectivity index (χ0v) is 15.3. The zero-order valence-electron chi connectivity index (χ0n) is 14.5. The first-order chi connectivity index (χ1) is 12.8. The van der Waals surface area contributed by atoms with Gasteiger partial charge in [0.05, 0.1) is 12.8 Å². The third kappa shape index (κ3) is 3.75. The molecule has 8 heteroatoms. The number of aromatic amines is 1. The van der Waals surface area contributed by atoms with Gasteiger partial charge in [-0.3, -0.25) is 5.10 Å². The van der Waals surface area contributed by atoms with Crippen LogP contribution < -0.4 is 15.0 Å². The fraction of sp³-hybridized carbons (Fsp3) is 0.278. The summed E-state index contributed by atoms with van der Waals surface area (Å²) < 4.78 is 5.19. The van der Waals surface area contributed by atoms with E-state index < -0.39 is 0 Å². The number of hydrogen-bond donors (Lipinski definition) is 2. The van der Waals surface area contributed by atoms with Crippen LogP contribution in [0.4, 0.5) is 17.6 Å². The molecule has 7 nitrogen and oxygen atoms in total. The van der Waals surface area contributed by atoms with E-state index in [9.17, 15) is 0 Å². The maximum atomic E-state index is 5.19. The molecule has 1 fully saturated rings. The summed E-state index contributed by atoms with van der Waals surface area (Å²) in [7, 11) is 1.66. The molecule has 1 aliphatic heterocycles. The summed E-state index contributed by atoms with van der Waals surface area (Å²) in [6.07, 6.45) is 1.78. The van der Waals surface area contributed by atoms with Gasteiger partial charge in [-0.2, -0.15) is 21.8 Å². The highest BCUT2D eigenvalue weighted by Gasteiger charge is 2.14. The lowest BCUT2D eigenvalue weighted by atomic mass is 10.1. The molecule has 0 bridgehead atoms. The molecule has 26 heavy (non-hydrogen) atoms. The Morgan fingerprint density at radius 1 is 1.12 bits per heavy atom. The molecule has 1 aliphatic rings. The number of ether oxygens (including phenoxy) is 1. The number of nitrogens with one attached hydrogen (secondary N) is 2. The Kier molecular flexibility index (Phi) is 4.92. The molecule has 1 aromatic carbocycles. The van der Waals surface area contributed by atoms with E-state index >= 15 is 0 Å². The van der Waals surface area contributed by atoms with Gasteiger partial charge in [0.15, 0.2) is 5.82 Å². The van der Waals surface area contributed by atoms with Gasteiger partial charge in [-0.05, 0) is 35.9 Å². The summed E-state index contributed by atoms with van der Waals surface area (Å²) in [5.74, 6) is 5.28. The van der Waals surface area contributed by atoms with E-state index in [1.165, 1.54) is 0 Å². The van der Waals surface area contributed by atoms with Gasteiger partial charge in [0.25, 0.3) is 0 Å². The lowest BCUT2D eigenvalue weighted by Crippen LogP contribution is -2.33. The monoisotopic (exact) mass is 368 g/mol. The maximum Gasteiger partial charge on any atom is 0.227 e. The van der Waals surface area contributed by atoms with Crippen molar-refractivity contribution in [1.82, 2.24) is 20.2 Å². The molecule has 3 heterocycles. The second kappa shape index (κ2) is 7.65. The average Bonchev–Trinajstić information content (AvgIpc) is 3.17. The summed E-state index contributed by atoms with van der Waals surface area (Å²) in [6, 6.07) is 11.7. The van der Waals surface area contributed by atoms with Crippen LogP contribution >= 0.6 is 11.8 Å². The fourth-order valence-corrected chi connectivity index (χ4v) is 3.67. The minimum absolute atomic E-state index is 0.717. The van der Waals surface area contributed by atoms with Crippen LogP contribution in [0.3, 0.4) is 0 Å². The van der Waals surface area contributed by atoms with Crippen molar-refractivity contribution in [2.45, 2.75) is 0 Å². The van der Waals surface area contributed by atoms with Gasteiger partial charge < -0.3 is 15.0 Å². The molecule has 0 amide bonds.